The van der Waals surface area contributed by atoms with Gasteiger partial charge < -0.3 is 14.4 Å². The number of benzene rings is 1. The highest BCUT2D eigenvalue weighted by molar-refractivity contribution is 5.68. The molecule has 0 spiro atoms. The molecular formula is C21H26F3N3O3. The van der Waals surface area contributed by atoms with E-state index < -0.39 is 12.0 Å². The molecule has 1 aliphatic rings. The van der Waals surface area contributed by atoms with E-state index >= 15 is 0 Å². The lowest BCUT2D eigenvalue weighted by Crippen LogP contribution is -2.42. The predicted octanol–water partition coefficient (Wildman–Crippen LogP) is 5.33. The molecule has 2 aromatic rings. The third kappa shape index (κ3) is 5.67. The molecule has 1 aliphatic heterocycles. The summed E-state index contributed by atoms with van der Waals surface area (Å²) in [6, 6.07) is 7.74. The van der Waals surface area contributed by atoms with Crippen LogP contribution in [0.3, 0.4) is 0 Å². The average molecular weight is 425 g/mol. The van der Waals surface area contributed by atoms with E-state index in [2.05, 4.69) is 9.84 Å². The second kappa shape index (κ2) is 8.20. The van der Waals surface area contributed by atoms with Crippen LogP contribution in [-0.2, 0) is 4.74 Å². The van der Waals surface area contributed by atoms with Crippen molar-refractivity contribution in [1.29, 1.82) is 0 Å². The predicted molar refractivity (Wildman–Crippen MR) is 105 cm³/mol. The number of aryl methyl sites for hydroxylation is 1. The number of carbonyl (C=O) groups excluding carboxylic acids is 1. The maximum absolute atomic E-state index is 12.4. The SMILES string of the molecule is Cc1cc(-c2ccc(OC(F)(F)F)cc2)n(C2CCN(C(=O)OC(C)(C)C)CC2)n1. The van der Waals surface area contributed by atoms with Gasteiger partial charge in [0.25, 0.3) is 0 Å². The summed E-state index contributed by atoms with van der Waals surface area (Å²) < 4.78 is 48.4. The van der Waals surface area contributed by atoms with Crippen LogP contribution >= 0.6 is 0 Å². The molecule has 0 radical (unpaired) electrons. The highest BCUT2D eigenvalue weighted by Crippen LogP contribution is 2.31. The number of hydrogen-bond acceptors (Lipinski definition) is 4. The molecule has 30 heavy (non-hydrogen) atoms. The minimum Gasteiger partial charge on any atom is -0.444 e. The van der Waals surface area contributed by atoms with E-state index in [9.17, 15) is 18.0 Å². The number of ether oxygens (including phenoxy) is 2. The fourth-order valence-corrected chi connectivity index (χ4v) is 3.46. The van der Waals surface area contributed by atoms with Gasteiger partial charge in [-0.15, -0.1) is 13.2 Å². The van der Waals surface area contributed by atoms with Crippen LogP contribution in [0.5, 0.6) is 5.75 Å². The Kier molecular flexibility index (Phi) is 6.01. The molecule has 1 aromatic heterocycles. The van der Waals surface area contributed by atoms with E-state index in [4.69, 9.17) is 4.74 Å². The third-order valence-corrected chi connectivity index (χ3v) is 4.70. The van der Waals surface area contributed by atoms with Crippen LogP contribution in [0.1, 0.15) is 45.3 Å². The summed E-state index contributed by atoms with van der Waals surface area (Å²) in [6.45, 7) is 8.48. The lowest BCUT2D eigenvalue weighted by molar-refractivity contribution is -0.274. The molecule has 164 valence electrons. The average Bonchev–Trinajstić information content (AvgIpc) is 3.01. The van der Waals surface area contributed by atoms with Gasteiger partial charge in [-0.05, 0) is 70.9 Å². The minimum atomic E-state index is -4.72. The molecule has 0 bridgehead atoms. The first-order valence-electron chi connectivity index (χ1n) is 9.81. The van der Waals surface area contributed by atoms with E-state index in [0.717, 1.165) is 17.0 Å². The highest BCUT2D eigenvalue weighted by atomic mass is 19.4. The summed E-state index contributed by atoms with van der Waals surface area (Å²) in [5, 5.41) is 4.59. The Labute approximate surface area is 173 Å². The molecule has 0 aliphatic carbocycles. The maximum Gasteiger partial charge on any atom is 0.573 e. The summed E-state index contributed by atoms with van der Waals surface area (Å²) in [5.74, 6) is -0.264. The number of likely N-dealkylation sites (tertiary alicyclic amines) is 1. The molecule has 1 fully saturated rings. The number of aromatic nitrogens is 2. The molecule has 0 atom stereocenters. The molecule has 0 unspecified atom stereocenters. The topological polar surface area (TPSA) is 56.6 Å². The van der Waals surface area contributed by atoms with Gasteiger partial charge in [-0.2, -0.15) is 5.10 Å². The van der Waals surface area contributed by atoms with Crippen molar-refractivity contribution in [3.63, 3.8) is 0 Å². The van der Waals surface area contributed by atoms with Gasteiger partial charge in [-0.1, -0.05) is 0 Å². The highest BCUT2D eigenvalue weighted by Gasteiger charge is 2.31. The van der Waals surface area contributed by atoms with Gasteiger partial charge in [0.15, 0.2) is 0 Å². The van der Waals surface area contributed by atoms with Crippen molar-refractivity contribution >= 4 is 6.09 Å². The Morgan fingerprint density at radius 1 is 1.10 bits per heavy atom. The van der Waals surface area contributed by atoms with Crippen LogP contribution in [0.25, 0.3) is 11.3 Å². The number of nitrogens with zero attached hydrogens (tertiary/aromatic N) is 3. The smallest absolute Gasteiger partial charge is 0.444 e. The Hall–Kier alpha value is -2.71. The zero-order valence-electron chi connectivity index (χ0n) is 17.5. The molecule has 0 saturated carbocycles. The summed E-state index contributed by atoms with van der Waals surface area (Å²) in [6.07, 6.45) is -3.62. The summed E-state index contributed by atoms with van der Waals surface area (Å²) in [7, 11) is 0. The van der Waals surface area contributed by atoms with Crippen LogP contribution in [0.15, 0.2) is 30.3 Å². The van der Waals surface area contributed by atoms with Crippen molar-refractivity contribution < 1.29 is 27.4 Å². The molecule has 9 heteroatoms. The van der Waals surface area contributed by atoms with Crippen LogP contribution in [-0.4, -0.2) is 45.8 Å². The number of amides is 1. The van der Waals surface area contributed by atoms with Crippen molar-refractivity contribution in [1.82, 2.24) is 14.7 Å². The molecule has 1 saturated heterocycles. The fourth-order valence-electron chi connectivity index (χ4n) is 3.46. The summed E-state index contributed by atoms with van der Waals surface area (Å²) in [5.41, 5.74) is 1.85. The van der Waals surface area contributed by atoms with Gasteiger partial charge in [0.2, 0.25) is 0 Å². The zero-order valence-corrected chi connectivity index (χ0v) is 17.5. The lowest BCUT2D eigenvalue weighted by atomic mass is 10.0. The number of carbonyl (C=O) groups is 1. The Morgan fingerprint density at radius 3 is 2.23 bits per heavy atom. The fraction of sp³-hybridized carbons (Fsp3) is 0.524. The van der Waals surface area contributed by atoms with Gasteiger partial charge in [-0.3, -0.25) is 4.68 Å². The Morgan fingerprint density at radius 2 is 1.70 bits per heavy atom. The first kappa shape index (κ1) is 22.0. The molecule has 1 amide bonds. The Bertz CT molecular complexity index is 878. The van der Waals surface area contributed by atoms with Gasteiger partial charge >= 0.3 is 12.5 Å². The normalized spacial score (nSPS) is 15.9. The molecule has 0 N–H and O–H groups in total. The molecule has 1 aromatic carbocycles. The Balaban J connectivity index is 1.71. The minimum absolute atomic E-state index is 0.0819. The van der Waals surface area contributed by atoms with Gasteiger partial charge in [0, 0.05) is 18.7 Å². The molecular weight excluding hydrogens is 399 g/mol. The van der Waals surface area contributed by atoms with Crippen molar-refractivity contribution in [3.8, 4) is 17.0 Å². The summed E-state index contributed by atoms with van der Waals surface area (Å²) in [4.78, 5) is 14.0. The van der Waals surface area contributed by atoms with Gasteiger partial charge in [0.1, 0.15) is 11.4 Å². The monoisotopic (exact) mass is 425 g/mol. The van der Waals surface area contributed by atoms with Crippen molar-refractivity contribution in [2.75, 3.05) is 13.1 Å². The van der Waals surface area contributed by atoms with E-state index in [0.29, 0.717) is 25.9 Å². The molecule has 3 rings (SSSR count). The second-order valence-corrected chi connectivity index (χ2v) is 8.39. The number of rotatable bonds is 3. The van der Waals surface area contributed by atoms with Crippen LogP contribution in [0.4, 0.5) is 18.0 Å². The first-order valence-corrected chi connectivity index (χ1v) is 9.81. The second-order valence-electron chi connectivity index (χ2n) is 8.39. The lowest BCUT2D eigenvalue weighted by Gasteiger charge is -2.34. The number of piperidine rings is 1. The molecule has 2 heterocycles. The zero-order chi connectivity index (χ0) is 22.1. The van der Waals surface area contributed by atoms with E-state index in [1.54, 1.807) is 17.0 Å². The molecule has 6 nitrogen and oxygen atoms in total. The van der Waals surface area contributed by atoms with Crippen molar-refractivity contribution in [2.45, 2.75) is 58.5 Å². The van der Waals surface area contributed by atoms with E-state index in [1.807, 2.05) is 38.4 Å². The number of hydrogen-bond donors (Lipinski definition) is 0. The van der Waals surface area contributed by atoms with Crippen molar-refractivity contribution in [3.05, 3.63) is 36.0 Å². The van der Waals surface area contributed by atoms with Crippen molar-refractivity contribution in [2.24, 2.45) is 0 Å². The van der Waals surface area contributed by atoms with E-state index in [1.165, 1.54) is 12.1 Å². The van der Waals surface area contributed by atoms with Gasteiger partial charge in [0.05, 0.1) is 17.4 Å². The maximum atomic E-state index is 12.4. The standard InChI is InChI=1S/C21H26F3N3O3/c1-14-13-18(15-5-7-17(8-6-15)29-21(22,23)24)27(25-14)16-9-11-26(12-10-16)19(28)30-20(2,3)4/h5-8,13,16H,9-12H2,1-4H3. The summed E-state index contributed by atoms with van der Waals surface area (Å²) >= 11 is 0. The largest absolute Gasteiger partial charge is 0.573 e. The van der Waals surface area contributed by atoms with Gasteiger partial charge in [-0.25, -0.2) is 4.79 Å². The number of alkyl halides is 3. The number of halogens is 3. The quantitative estimate of drug-likeness (QED) is 0.667. The first-order chi connectivity index (χ1) is 13.9. The third-order valence-electron chi connectivity index (χ3n) is 4.70. The van der Waals surface area contributed by atoms with E-state index in [-0.39, 0.29) is 17.9 Å². The van der Waals surface area contributed by atoms with Crippen LogP contribution in [0, 0.1) is 6.92 Å². The van der Waals surface area contributed by atoms with Crippen LogP contribution < -0.4 is 4.74 Å². The van der Waals surface area contributed by atoms with Crippen LogP contribution in [0.2, 0.25) is 0 Å².